The van der Waals surface area contributed by atoms with Crippen LogP contribution in [0.25, 0.3) is 0 Å². The Morgan fingerprint density at radius 1 is 1.32 bits per heavy atom. The van der Waals surface area contributed by atoms with Crippen molar-refractivity contribution in [1.82, 2.24) is 9.78 Å². The number of aromatic nitrogens is 2. The molecule has 2 aromatic rings. The van der Waals surface area contributed by atoms with Gasteiger partial charge in [-0.25, -0.2) is 4.39 Å². The topological polar surface area (TPSA) is 29.9 Å². The zero-order valence-electron chi connectivity index (χ0n) is 10.5. The molecular weight excluding hydrogens is 288 g/mol. The lowest BCUT2D eigenvalue weighted by Gasteiger charge is -2.07. The van der Waals surface area contributed by atoms with Crippen LogP contribution in [0.1, 0.15) is 18.9 Å². The maximum absolute atomic E-state index is 13.3. The Bertz CT molecular complexity index is 546. The molecule has 0 unspecified atom stereocenters. The van der Waals surface area contributed by atoms with Crippen LogP contribution in [0.2, 0.25) is 10.0 Å². The minimum absolute atomic E-state index is 0.0108. The van der Waals surface area contributed by atoms with Gasteiger partial charge in [-0.3, -0.25) is 4.68 Å². The molecule has 0 fully saturated rings. The fourth-order valence-corrected chi connectivity index (χ4v) is 2.20. The lowest BCUT2D eigenvalue weighted by Crippen LogP contribution is -1.99. The maximum atomic E-state index is 13.3. The molecule has 0 radical (unpaired) electrons. The lowest BCUT2D eigenvalue weighted by molar-refractivity contribution is 0.602. The number of aryl methyl sites for hydroxylation is 1. The maximum Gasteiger partial charge on any atom is 0.160 e. The van der Waals surface area contributed by atoms with Crippen molar-refractivity contribution in [2.24, 2.45) is 0 Å². The summed E-state index contributed by atoms with van der Waals surface area (Å²) in [6.07, 6.45) is 4.82. The highest BCUT2D eigenvalue weighted by molar-refractivity contribution is 6.35. The number of hydrogen-bond acceptors (Lipinski definition) is 2. The highest BCUT2D eigenvalue weighted by Gasteiger charge is 2.07. The number of anilines is 1. The van der Waals surface area contributed by atoms with Gasteiger partial charge in [0, 0.05) is 30.5 Å². The molecule has 0 spiro atoms. The first-order chi connectivity index (χ1) is 9.10. The van der Waals surface area contributed by atoms with Crippen LogP contribution in [-0.2, 0) is 13.1 Å². The molecule has 0 saturated carbocycles. The van der Waals surface area contributed by atoms with Gasteiger partial charge in [0.2, 0.25) is 0 Å². The van der Waals surface area contributed by atoms with Gasteiger partial charge < -0.3 is 5.32 Å². The summed E-state index contributed by atoms with van der Waals surface area (Å²) in [7, 11) is 0. The number of nitrogens with one attached hydrogen (secondary N) is 1. The molecule has 1 aromatic heterocycles. The Hall–Kier alpha value is -1.26. The van der Waals surface area contributed by atoms with Crippen LogP contribution < -0.4 is 5.32 Å². The Labute approximate surface area is 121 Å². The summed E-state index contributed by atoms with van der Waals surface area (Å²) in [5, 5.41) is 7.39. The first-order valence-electron chi connectivity index (χ1n) is 6.00. The van der Waals surface area contributed by atoms with E-state index in [1.807, 2.05) is 10.9 Å². The van der Waals surface area contributed by atoms with E-state index in [9.17, 15) is 4.39 Å². The molecule has 0 saturated heterocycles. The van der Waals surface area contributed by atoms with E-state index in [0.29, 0.717) is 12.2 Å². The van der Waals surface area contributed by atoms with E-state index in [2.05, 4.69) is 17.3 Å². The molecule has 19 heavy (non-hydrogen) atoms. The molecule has 102 valence electrons. The second-order valence-electron chi connectivity index (χ2n) is 4.22. The number of nitrogens with zero attached hydrogens (tertiary/aromatic N) is 2. The average Bonchev–Trinajstić information content (AvgIpc) is 2.81. The summed E-state index contributed by atoms with van der Waals surface area (Å²) in [6, 6.07) is 3.03. The quantitative estimate of drug-likeness (QED) is 0.832. The van der Waals surface area contributed by atoms with Crippen molar-refractivity contribution in [3.8, 4) is 0 Å². The monoisotopic (exact) mass is 301 g/mol. The van der Waals surface area contributed by atoms with Gasteiger partial charge in [-0.2, -0.15) is 5.10 Å². The van der Waals surface area contributed by atoms with Crippen molar-refractivity contribution < 1.29 is 4.39 Å². The van der Waals surface area contributed by atoms with Crippen molar-refractivity contribution in [2.75, 3.05) is 5.32 Å². The van der Waals surface area contributed by atoms with Gasteiger partial charge >= 0.3 is 0 Å². The number of rotatable bonds is 5. The molecule has 0 aliphatic carbocycles. The van der Waals surface area contributed by atoms with Crippen molar-refractivity contribution >= 4 is 28.9 Å². The first kappa shape index (κ1) is 14.2. The second kappa shape index (κ2) is 6.26. The molecular formula is C13H14Cl2FN3. The molecule has 2 rings (SSSR count). The fraction of sp³-hybridized carbons (Fsp3) is 0.308. The van der Waals surface area contributed by atoms with E-state index >= 15 is 0 Å². The SMILES string of the molecule is CCCn1cc(CNc2cc(Cl)c(F)c(Cl)c2)cn1. The molecule has 1 N–H and O–H groups in total. The molecule has 1 aromatic carbocycles. The summed E-state index contributed by atoms with van der Waals surface area (Å²) in [6.45, 7) is 3.58. The standard InChI is InChI=1S/C13H14Cl2FN3/c1-2-3-19-8-9(7-18-19)6-17-10-4-11(14)13(16)12(15)5-10/h4-5,7-8,17H,2-3,6H2,1H3. The second-order valence-corrected chi connectivity index (χ2v) is 5.03. The van der Waals surface area contributed by atoms with Gasteiger partial charge in [0.25, 0.3) is 0 Å². The summed E-state index contributed by atoms with van der Waals surface area (Å²) < 4.78 is 15.1. The van der Waals surface area contributed by atoms with E-state index < -0.39 is 5.82 Å². The lowest BCUT2D eigenvalue weighted by atomic mass is 10.3. The van der Waals surface area contributed by atoms with Crippen LogP contribution in [0.5, 0.6) is 0 Å². The van der Waals surface area contributed by atoms with Gasteiger partial charge in [0.05, 0.1) is 16.2 Å². The zero-order valence-corrected chi connectivity index (χ0v) is 12.0. The molecule has 6 heteroatoms. The van der Waals surface area contributed by atoms with Crippen LogP contribution in [0.4, 0.5) is 10.1 Å². The van der Waals surface area contributed by atoms with E-state index in [0.717, 1.165) is 18.5 Å². The molecule has 1 heterocycles. The van der Waals surface area contributed by atoms with E-state index in [-0.39, 0.29) is 10.0 Å². The normalized spacial score (nSPS) is 10.7. The minimum atomic E-state index is -0.593. The van der Waals surface area contributed by atoms with Crippen molar-refractivity contribution in [3.63, 3.8) is 0 Å². The third kappa shape index (κ3) is 3.61. The Morgan fingerprint density at radius 3 is 2.63 bits per heavy atom. The molecule has 3 nitrogen and oxygen atoms in total. The minimum Gasteiger partial charge on any atom is -0.381 e. The Morgan fingerprint density at radius 2 is 2.00 bits per heavy atom. The summed E-state index contributed by atoms with van der Waals surface area (Å²) in [5.41, 5.74) is 1.73. The molecule has 0 amide bonds. The van der Waals surface area contributed by atoms with Gasteiger partial charge in [-0.05, 0) is 18.6 Å². The average molecular weight is 302 g/mol. The van der Waals surface area contributed by atoms with Crippen molar-refractivity contribution in [3.05, 3.63) is 46.0 Å². The summed E-state index contributed by atoms with van der Waals surface area (Å²) in [5.74, 6) is -0.593. The smallest absolute Gasteiger partial charge is 0.160 e. The van der Waals surface area contributed by atoms with Gasteiger partial charge in [-0.15, -0.1) is 0 Å². The Kier molecular flexibility index (Phi) is 4.66. The predicted molar refractivity (Wildman–Crippen MR) is 76.3 cm³/mol. The van der Waals surface area contributed by atoms with Crippen LogP contribution >= 0.6 is 23.2 Å². The first-order valence-corrected chi connectivity index (χ1v) is 6.75. The highest BCUT2D eigenvalue weighted by Crippen LogP contribution is 2.27. The highest BCUT2D eigenvalue weighted by atomic mass is 35.5. The molecule has 0 aliphatic rings. The van der Waals surface area contributed by atoms with E-state index in [4.69, 9.17) is 23.2 Å². The van der Waals surface area contributed by atoms with Crippen LogP contribution in [0.3, 0.4) is 0 Å². The van der Waals surface area contributed by atoms with Crippen LogP contribution in [-0.4, -0.2) is 9.78 Å². The van der Waals surface area contributed by atoms with Crippen molar-refractivity contribution in [1.29, 1.82) is 0 Å². The van der Waals surface area contributed by atoms with E-state index in [1.54, 1.807) is 6.20 Å². The molecule has 0 atom stereocenters. The number of halogens is 3. The van der Waals surface area contributed by atoms with Crippen LogP contribution in [0.15, 0.2) is 24.5 Å². The molecule has 0 aliphatic heterocycles. The summed E-state index contributed by atoms with van der Waals surface area (Å²) in [4.78, 5) is 0. The third-order valence-corrected chi connectivity index (χ3v) is 3.17. The number of benzene rings is 1. The van der Waals surface area contributed by atoms with Gasteiger partial charge in [0.1, 0.15) is 0 Å². The van der Waals surface area contributed by atoms with Crippen LogP contribution in [0, 0.1) is 5.82 Å². The Balaban J connectivity index is 2.01. The molecule has 0 bridgehead atoms. The third-order valence-electron chi connectivity index (χ3n) is 2.62. The predicted octanol–water partition coefficient (Wildman–Crippen LogP) is 4.35. The fourth-order valence-electron chi connectivity index (χ4n) is 1.71. The zero-order chi connectivity index (χ0) is 13.8. The van der Waals surface area contributed by atoms with Gasteiger partial charge in [-0.1, -0.05) is 30.1 Å². The summed E-state index contributed by atoms with van der Waals surface area (Å²) >= 11 is 11.5. The van der Waals surface area contributed by atoms with Gasteiger partial charge in [0.15, 0.2) is 5.82 Å². The van der Waals surface area contributed by atoms with Crippen molar-refractivity contribution in [2.45, 2.75) is 26.4 Å². The van der Waals surface area contributed by atoms with E-state index in [1.165, 1.54) is 12.1 Å². The largest absolute Gasteiger partial charge is 0.381 e. The number of hydrogen-bond donors (Lipinski definition) is 1.